The molecule has 1 fully saturated rings. The second kappa shape index (κ2) is 5.65. The summed E-state index contributed by atoms with van der Waals surface area (Å²) in [6.45, 7) is 2.92. The van der Waals surface area contributed by atoms with Gasteiger partial charge in [-0.05, 0) is 37.6 Å². The first-order valence-electron chi connectivity index (χ1n) is 6.24. The number of rotatable bonds is 3. The average Bonchev–Trinajstić information content (AvgIpc) is 2.78. The Morgan fingerprint density at radius 3 is 3.12 bits per heavy atom. The summed E-state index contributed by atoms with van der Waals surface area (Å²) in [6.07, 6.45) is 3.37. The van der Waals surface area contributed by atoms with Gasteiger partial charge in [0.2, 0.25) is 5.91 Å². The Balaban J connectivity index is 1.83. The summed E-state index contributed by atoms with van der Waals surface area (Å²) in [5.74, 6) is 0.276. The molecule has 4 heteroatoms. The summed E-state index contributed by atoms with van der Waals surface area (Å²) in [5, 5.41) is 2.06. The topological polar surface area (TPSA) is 46.3 Å². The Morgan fingerprint density at radius 2 is 2.47 bits per heavy atom. The minimum absolute atomic E-state index is 0.270. The lowest BCUT2D eigenvalue weighted by atomic mass is 9.98. The fourth-order valence-corrected chi connectivity index (χ4v) is 3.12. The SMILES string of the molecule is C[C@H]1C[C@H](N)CCN1C(=O)CCc1cccs1. The molecule has 17 heavy (non-hydrogen) atoms. The van der Waals surface area contributed by atoms with Crippen LogP contribution in [0, 0.1) is 0 Å². The predicted octanol–water partition coefficient (Wildman–Crippen LogP) is 2.02. The van der Waals surface area contributed by atoms with Gasteiger partial charge < -0.3 is 10.6 Å². The molecule has 0 radical (unpaired) electrons. The minimum atomic E-state index is 0.270. The molecule has 1 aliphatic heterocycles. The largest absolute Gasteiger partial charge is 0.340 e. The van der Waals surface area contributed by atoms with E-state index in [4.69, 9.17) is 5.73 Å². The molecule has 2 heterocycles. The normalized spacial score (nSPS) is 24.9. The number of hydrogen-bond acceptors (Lipinski definition) is 3. The molecule has 2 rings (SSSR count). The summed E-state index contributed by atoms with van der Waals surface area (Å²) < 4.78 is 0. The Morgan fingerprint density at radius 1 is 1.65 bits per heavy atom. The zero-order chi connectivity index (χ0) is 12.3. The van der Waals surface area contributed by atoms with Gasteiger partial charge in [0.15, 0.2) is 0 Å². The minimum Gasteiger partial charge on any atom is -0.340 e. The lowest BCUT2D eigenvalue weighted by Gasteiger charge is -2.36. The van der Waals surface area contributed by atoms with Crippen LogP contribution in [0.25, 0.3) is 0 Å². The molecule has 1 amide bonds. The highest BCUT2D eigenvalue weighted by Crippen LogP contribution is 2.18. The van der Waals surface area contributed by atoms with E-state index < -0.39 is 0 Å². The molecule has 2 atom stereocenters. The van der Waals surface area contributed by atoms with Crippen molar-refractivity contribution in [2.75, 3.05) is 6.54 Å². The van der Waals surface area contributed by atoms with Gasteiger partial charge >= 0.3 is 0 Å². The zero-order valence-electron chi connectivity index (χ0n) is 10.3. The van der Waals surface area contributed by atoms with Gasteiger partial charge in [-0.25, -0.2) is 0 Å². The molecule has 3 nitrogen and oxygen atoms in total. The number of hydrogen-bond donors (Lipinski definition) is 1. The molecule has 1 aromatic heterocycles. The Bertz CT molecular complexity index is 364. The molecule has 0 saturated carbocycles. The van der Waals surface area contributed by atoms with Crippen LogP contribution in [0.5, 0.6) is 0 Å². The number of nitrogens with zero attached hydrogens (tertiary/aromatic N) is 1. The van der Waals surface area contributed by atoms with Crippen LogP contribution in [0.1, 0.15) is 31.1 Å². The van der Waals surface area contributed by atoms with E-state index in [9.17, 15) is 4.79 Å². The number of likely N-dealkylation sites (tertiary alicyclic amines) is 1. The number of thiophene rings is 1. The van der Waals surface area contributed by atoms with Crippen LogP contribution in [0.3, 0.4) is 0 Å². The third-order valence-electron chi connectivity index (χ3n) is 3.40. The molecule has 0 aliphatic carbocycles. The van der Waals surface area contributed by atoms with Crippen molar-refractivity contribution >= 4 is 17.2 Å². The monoisotopic (exact) mass is 252 g/mol. The van der Waals surface area contributed by atoms with Crippen LogP contribution in [0.4, 0.5) is 0 Å². The fraction of sp³-hybridized carbons (Fsp3) is 0.615. The quantitative estimate of drug-likeness (QED) is 0.894. The number of carbonyl (C=O) groups excluding carboxylic acids is 1. The van der Waals surface area contributed by atoms with Gasteiger partial charge in [0, 0.05) is 29.9 Å². The summed E-state index contributed by atoms with van der Waals surface area (Å²) >= 11 is 1.72. The third kappa shape index (κ3) is 3.30. The first-order valence-corrected chi connectivity index (χ1v) is 7.12. The van der Waals surface area contributed by atoms with Crippen molar-refractivity contribution in [1.29, 1.82) is 0 Å². The Labute approximate surface area is 107 Å². The summed E-state index contributed by atoms with van der Waals surface area (Å²) in [7, 11) is 0. The van der Waals surface area contributed by atoms with E-state index in [1.54, 1.807) is 11.3 Å². The van der Waals surface area contributed by atoms with Crippen LogP contribution in [-0.4, -0.2) is 29.4 Å². The lowest BCUT2D eigenvalue weighted by molar-refractivity contribution is -0.134. The molecule has 1 aromatic rings. The molecule has 0 bridgehead atoms. The highest BCUT2D eigenvalue weighted by atomic mass is 32.1. The number of piperidine rings is 1. The van der Waals surface area contributed by atoms with E-state index in [-0.39, 0.29) is 11.9 Å². The van der Waals surface area contributed by atoms with Crippen LogP contribution in [0.15, 0.2) is 17.5 Å². The van der Waals surface area contributed by atoms with Gasteiger partial charge in [-0.1, -0.05) is 6.07 Å². The smallest absolute Gasteiger partial charge is 0.223 e. The van der Waals surface area contributed by atoms with E-state index in [1.165, 1.54) is 4.88 Å². The number of aryl methyl sites for hydroxylation is 1. The first kappa shape index (κ1) is 12.6. The van der Waals surface area contributed by atoms with Gasteiger partial charge in [-0.3, -0.25) is 4.79 Å². The number of nitrogens with two attached hydrogens (primary N) is 1. The molecular weight excluding hydrogens is 232 g/mol. The van der Waals surface area contributed by atoms with Gasteiger partial charge in [0.1, 0.15) is 0 Å². The second-order valence-electron chi connectivity index (χ2n) is 4.80. The Hall–Kier alpha value is -0.870. The van der Waals surface area contributed by atoms with E-state index in [0.29, 0.717) is 12.5 Å². The van der Waals surface area contributed by atoms with Gasteiger partial charge in [-0.2, -0.15) is 0 Å². The van der Waals surface area contributed by atoms with Crippen molar-refractivity contribution in [2.24, 2.45) is 5.73 Å². The lowest BCUT2D eigenvalue weighted by Crippen LogP contribution is -2.48. The van der Waals surface area contributed by atoms with Crippen molar-refractivity contribution < 1.29 is 4.79 Å². The summed E-state index contributed by atoms with van der Waals surface area (Å²) in [5.41, 5.74) is 5.90. The third-order valence-corrected chi connectivity index (χ3v) is 4.34. The van der Waals surface area contributed by atoms with Crippen LogP contribution < -0.4 is 5.73 Å². The summed E-state index contributed by atoms with van der Waals surface area (Å²) in [4.78, 5) is 15.4. The van der Waals surface area contributed by atoms with Gasteiger partial charge in [0.25, 0.3) is 0 Å². The molecule has 2 N–H and O–H groups in total. The van der Waals surface area contributed by atoms with Crippen molar-refractivity contribution in [1.82, 2.24) is 4.90 Å². The highest BCUT2D eigenvalue weighted by Gasteiger charge is 2.26. The summed E-state index contributed by atoms with van der Waals surface area (Å²) in [6, 6.07) is 4.70. The zero-order valence-corrected chi connectivity index (χ0v) is 11.1. The van der Waals surface area contributed by atoms with Crippen molar-refractivity contribution in [3.63, 3.8) is 0 Å². The molecule has 0 spiro atoms. The van der Waals surface area contributed by atoms with E-state index in [0.717, 1.165) is 25.8 Å². The van der Waals surface area contributed by atoms with Crippen molar-refractivity contribution in [2.45, 2.75) is 44.7 Å². The van der Waals surface area contributed by atoms with Crippen molar-refractivity contribution in [3.05, 3.63) is 22.4 Å². The maximum Gasteiger partial charge on any atom is 0.223 e. The number of amides is 1. The van der Waals surface area contributed by atoms with Crippen molar-refractivity contribution in [3.8, 4) is 0 Å². The standard InChI is InChI=1S/C13H20N2OS/c1-10-9-11(14)6-7-15(10)13(16)5-4-12-3-2-8-17-12/h2-3,8,10-11H,4-7,9,14H2,1H3/t10-,11+/m0/s1. The van der Waals surface area contributed by atoms with E-state index in [1.807, 2.05) is 11.0 Å². The maximum absolute atomic E-state index is 12.1. The Kier molecular flexibility index (Phi) is 4.18. The van der Waals surface area contributed by atoms with Gasteiger partial charge in [-0.15, -0.1) is 11.3 Å². The van der Waals surface area contributed by atoms with Crippen LogP contribution >= 0.6 is 11.3 Å². The first-order chi connectivity index (χ1) is 8.16. The molecule has 0 unspecified atom stereocenters. The van der Waals surface area contributed by atoms with Crippen LogP contribution in [-0.2, 0) is 11.2 Å². The van der Waals surface area contributed by atoms with Crippen LogP contribution in [0.2, 0.25) is 0 Å². The molecule has 1 aliphatic rings. The highest BCUT2D eigenvalue weighted by molar-refractivity contribution is 7.09. The number of carbonyl (C=O) groups is 1. The van der Waals surface area contributed by atoms with E-state index >= 15 is 0 Å². The molecule has 0 aromatic carbocycles. The molecule has 94 valence electrons. The predicted molar refractivity (Wildman–Crippen MR) is 71.0 cm³/mol. The molecular formula is C13H20N2OS. The fourth-order valence-electron chi connectivity index (χ4n) is 2.41. The maximum atomic E-state index is 12.1. The second-order valence-corrected chi connectivity index (χ2v) is 5.83. The van der Waals surface area contributed by atoms with E-state index in [2.05, 4.69) is 18.4 Å². The average molecular weight is 252 g/mol. The molecule has 1 saturated heterocycles. The van der Waals surface area contributed by atoms with Gasteiger partial charge in [0.05, 0.1) is 0 Å².